The molecule has 224 valence electrons. The number of amides is 2. The van der Waals surface area contributed by atoms with Gasteiger partial charge in [-0.1, -0.05) is 54.6 Å². The van der Waals surface area contributed by atoms with Gasteiger partial charge in [0, 0.05) is 39.2 Å². The third-order valence-corrected chi connectivity index (χ3v) is 9.31. The van der Waals surface area contributed by atoms with E-state index >= 15 is 0 Å². The molecule has 9 nitrogen and oxygen atoms in total. The van der Waals surface area contributed by atoms with E-state index in [1.807, 2.05) is 54.6 Å². The van der Waals surface area contributed by atoms with Crippen LogP contribution in [-0.4, -0.2) is 67.9 Å². The van der Waals surface area contributed by atoms with Gasteiger partial charge >= 0.3 is 0 Å². The van der Waals surface area contributed by atoms with Crippen LogP contribution in [0.25, 0.3) is 0 Å². The predicted molar refractivity (Wildman–Crippen MR) is 160 cm³/mol. The lowest BCUT2D eigenvalue weighted by Gasteiger charge is -2.32. The first-order valence-electron chi connectivity index (χ1n) is 14.3. The monoisotopic (exact) mass is 593 g/mol. The van der Waals surface area contributed by atoms with Crippen LogP contribution in [0.15, 0.2) is 83.8 Å². The fourth-order valence-electron chi connectivity index (χ4n) is 5.05. The highest BCUT2D eigenvalue weighted by Crippen LogP contribution is 2.26. The average molecular weight is 594 g/mol. The summed E-state index contributed by atoms with van der Waals surface area (Å²) in [6.07, 6.45) is 2.66. The van der Waals surface area contributed by atoms with E-state index in [1.165, 1.54) is 4.31 Å². The highest BCUT2D eigenvalue weighted by Gasteiger charge is 2.31. The van der Waals surface area contributed by atoms with Crippen molar-refractivity contribution < 1.29 is 27.9 Å². The fraction of sp³-hybridized carbons (Fsp3) is 0.375. The molecule has 1 heterocycles. The Hall–Kier alpha value is -3.73. The van der Waals surface area contributed by atoms with Gasteiger partial charge in [-0.2, -0.15) is 4.31 Å². The van der Waals surface area contributed by atoms with Crippen LogP contribution in [0, 0.1) is 0 Å². The van der Waals surface area contributed by atoms with Crippen LogP contribution >= 0.6 is 0 Å². The molecule has 0 saturated carbocycles. The van der Waals surface area contributed by atoms with E-state index in [0.29, 0.717) is 37.2 Å². The summed E-state index contributed by atoms with van der Waals surface area (Å²) in [7, 11) is -1.93. The standard InChI is InChI=1S/C32H39N3O6S/c1-41-28-15-10-26(11-16-28)24-35(31(27-8-3-2-4-9-27)32(38)33-20-7-23-36)30(37)19-14-25-12-17-29(18-13-25)42(39,40)34-21-5-6-22-34/h2-4,8-13,15-18,31,36H,5-7,14,19-24H2,1H3,(H,33,38)/t31-/m0/s1. The number of carbonyl (C=O) groups excluding carboxylic acids is 2. The number of hydrogen-bond donors (Lipinski definition) is 2. The number of aryl methyl sites for hydroxylation is 1. The largest absolute Gasteiger partial charge is 0.497 e. The van der Waals surface area contributed by atoms with Crippen LogP contribution in [0.3, 0.4) is 0 Å². The van der Waals surface area contributed by atoms with Crippen molar-refractivity contribution in [3.8, 4) is 5.75 Å². The number of benzene rings is 3. The summed E-state index contributed by atoms with van der Waals surface area (Å²) in [5.74, 6) is 0.145. The summed E-state index contributed by atoms with van der Waals surface area (Å²) in [5.41, 5.74) is 2.35. The second kappa shape index (κ2) is 14.9. The first-order valence-corrected chi connectivity index (χ1v) is 15.7. The molecule has 10 heteroatoms. The van der Waals surface area contributed by atoms with Crippen molar-refractivity contribution in [3.63, 3.8) is 0 Å². The number of carbonyl (C=O) groups is 2. The normalized spacial score (nSPS) is 14.3. The van der Waals surface area contributed by atoms with Crippen LogP contribution in [0.5, 0.6) is 5.75 Å². The van der Waals surface area contributed by atoms with Crippen LogP contribution < -0.4 is 10.1 Å². The molecule has 0 unspecified atom stereocenters. The van der Waals surface area contributed by atoms with Gasteiger partial charge in [0.05, 0.1) is 12.0 Å². The van der Waals surface area contributed by atoms with Crippen molar-refractivity contribution in [1.82, 2.24) is 14.5 Å². The molecule has 0 spiro atoms. The Labute approximate surface area is 248 Å². The zero-order chi connectivity index (χ0) is 30.0. The molecule has 42 heavy (non-hydrogen) atoms. The molecule has 1 atom stereocenters. The molecule has 1 saturated heterocycles. The van der Waals surface area contributed by atoms with Gasteiger partial charge in [-0.15, -0.1) is 0 Å². The number of nitrogens with zero attached hydrogens (tertiary/aromatic N) is 2. The summed E-state index contributed by atoms with van der Waals surface area (Å²) >= 11 is 0. The summed E-state index contributed by atoms with van der Waals surface area (Å²) in [5, 5.41) is 12.1. The second-order valence-corrected chi connectivity index (χ2v) is 12.2. The SMILES string of the molecule is COc1ccc(CN(C(=O)CCc2ccc(S(=O)(=O)N3CCCC3)cc2)[C@H](C(=O)NCCCO)c2ccccc2)cc1. The Morgan fingerprint density at radius 3 is 2.21 bits per heavy atom. The van der Waals surface area contributed by atoms with Crippen molar-refractivity contribution >= 4 is 21.8 Å². The van der Waals surface area contributed by atoms with E-state index in [0.717, 1.165) is 24.0 Å². The molecule has 1 aliphatic heterocycles. The molecule has 0 radical (unpaired) electrons. The molecule has 2 amide bonds. The maximum absolute atomic E-state index is 13.9. The third-order valence-electron chi connectivity index (χ3n) is 7.40. The zero-order valence-electron chi connectivity index (χ0n) is 23.9. The van der Waals surface area contributed by atoms with Crippen molar-refractivity contribution in [2.75, 3.05) is 33.4 Å². The number of nitrogens with one attached hydrogen (secondary N) is 1. The Bertz CT molecular complexity index is 1410. The first-order chi connectivity index (χ1) is 20.3. The third kappa shape index (κ3) is 7.96. The highest BCUT2D eigenvalue weighted by molar-refractivity contribution is 7.89. The Morgan fingerprint density at radius 1 is 0.952 bits per heavy atom. The Balaban J connectivity index is 1.56. The van der Waals surface area contributed by atoms with E-state index in [9.17, 15) is 23.1 Å². The first kappa shape index (κ1) is 31.2. The smallest absolute Gasteiger partial charge is 0.247 e. The summed E-state index contributed by atoms with van der Waals surface area (Å²) < 4.78 is 32.6. The minimum absolute atomic E-state index is 0.0527. The van der Waals surface area contributed by atoms with E-state index in [1.54, 1.807) is 36.3 Å². The van der Waals surface area contributed by atoms with Crippen LogP contribution in [0.4, 0.5) is 0 Å². The molecule has 1 aliphatic rings. The number of aliphatic hydroxyl groups excluding tert-OH is 1. The topological polar surface area (TPSA) is 116 Å². The van der Waals surface area contributed by atoms with Gasteiger partial charge in [-0.05, 0) is 66.6 Å². The minimum Gasteiger partial charge on any atom is -0.497 e. The van der Waals surface area contributed by atoms with Crippen molar-refractivity contribution in [1.29, 1.82) is 0 Å². The molecular weight excluding hydrogens is 554 g/mol. The zero-order valence-corrected chi connectivity index (χ0v) is 24.8. The lowest BCUT2D eigenvalue weighted by Crippen LogP contribution is -2.43. The number of sulfonamides is 1. The summed E-state index contributed by atoms with van der Waals surface area (Å²) in [6.45, 7) is 1.51. The summed E-state index contributed by atoms with van der Waals surface area (Å²) in [6, 6.07) is 22.3. The van der Waals surface area contributed by atoms with E-state index < -0.39 is 16.1 Å². The number of ether oxygens (including phenoxy) is 1. The lowest BCUT2D eigenvalue weighted by molar-refractivity contribution is -0.141. The van der Waals surface area contributed by atoms with Crippen LogP contribution in [0.1, 0.15) is 48.4 Å². The molecule has 0 aromatic heterocycles. The van der Waals surface area contributed by atoms with E-state index in [-0.39, 0.29) is 42.8 Å². The van der Waals surface area contributed by atoms with E-state index in [2.05, 4.69) is 5.32 Å². The molecular formula is C32H39N3O6S. The van der Waals surface area contributed by atoms with Crippen molar-refractivity contribution in [3.05, 3.63) is 95.6 Å². The molecule has 4 rings (SSSR count). The predicted octanol–water partition coefficient (Wildman–Crippen LogP) is 3.68. The molecule has 0 aliphatic carbocycles. The van der Waals surface area contributed by atoms with Crippen molar-refractivity contribution in [2.45, 2.75) is 49.6 Å². The average Bonchev–Trinajstić information content (AvgIpc) is 3.57. The fourth-order valence-corrected chi connectivity index (χ4v) is 6.56. The van der Waals surface area contributed by atoms with Gasteiger partial charge in [-0.25, -0.2) is 8.42 Å². The maximum Gasteiger partial charge on any atom is 0.247 e. The lowest BCUT2D eigenvalue weighted by atomic mass is 10.0. The quantitative estimate of drug-likeness (QED) is 0.276. The van der Waals surface area contributed by atoms with E-state index in [4.69, 9.17) is 4.74 Å². The second-order valence-electron chi connectivity index (χ2n) is 10.3. The van der Waals surface area contributed by atoms with Gasteiger partial charge < -0.3 is 20.1 Å². The van der Waals surface area contributed by atoms with Crippen molar-refractivity contribution in [2.24, 2.45) is 0 Å². The van der Waals surface area contributed by atoms with Gasteiger partial charge in [0.25, 0.3) is 0 Å². The Kier molecular flexibility index (Phi) is 11.1. The molecule has 2 N–H and O–H groups in total. The maximum atomic E-state index is 13.9. The number of hydrogen-bond acceptors (Lipinski definition) is 6. The number of rotatable bonds is 14. The Morgan fingerprint density at radius 2 is 1.60 bits per heavy atom. The van der Waals surface area contributed by atoms with Crippen LogP contribution in [0.2, 0.25) is 0 Å². The molecule has 1 fully saturated rings. The molecule has 3 aromatic rings. The molecule has 0 bridgehead atoms. The van der Waals surface area contributed by atoms with Gasteiger partial charge in [-0.3, -0.25) is 9.59 Å². The minimum atomic E-state index is -3.51. The van der Waals surface area contributed by atoms with Gasteiger partial charge in [0.15, 0.2) is 0 Å². The van der Waals surface area contributed by atoms with Crippen LogP contribution in [-0.2, 0) is 32.6 Å². The highest BCUT2D eigenvalue weighted by atomic mass is 32.2. The van der Waals surface area contributed by atoms with Gasteiger partial charge in [0.1, 0.15) is 11.8 Å². The number of methoxy groups -OCH3 is 1. The summed E-state index contributed by atoms with van der Waals surface area (Å²) in [4.78, 5) is 29.2. The molecule has 3 aromatic carbocycles. The van der Waals surface area contributed by atoms with Gasteiger partial charge in [0.2, 0.25) is 21.8 Å². The number of aliphatic hydroxyl groups is 1.